The first-order valence-electron chi connectivity index (χ1n) is 6.93. The van der Waals surface area contributed by atoms with Crippen LogP contribution in [0.15, 0.2) is 0 Å². The monoisotopic (exact) mass is 367 g/mol. The van der Waals surface area contributed by atoms with Crippen molar-refractivity contribution < 1.29 is 29.3 Å². The molecule has 0 amide bonds. The van der Waals surface area contributed by atoms with Crippen LogP contribution < -0.4 is 0 Å². The Balaban J connectivity index is 4.91. The quantitative estimate of drug-likeness (QED) is 0.298. The molecule has 21 heavy (non-hydrogen) atoms. The molecule has 0 fully saturated rings. The molecule has 0 aliphatic carbocycles. The maximum atomic E-state index is 5.34. The summed E-state index contributed by atoms with van der Waals surface area (Å²) in [5.41, 5.74) is -1.59. The SMILES string of the molecule is CC(C)(C)OOC([CH2][Ge])(OOC(C)(C)C)OOC(C)(C)C. The van der Waals surface area contributed by atoms with Crippen LogP contribution in [0.4, 0.5) is 0 Å². The van der Waals surface area contributed by atoms with Crippen molar-refractivity contribution in [2.75, 3.05) is 0 Å². The van der Waals surface area contributed by atoms with E-state index in [1.165, 1.54) is 0 Å². The van der Waals surface area contributed by atoms with Crippen molar-refractivity contribution in [3.05, 3.63) is 0 Å². The van der Waals surface area contributed by atoms with Gasteiger partial charge in [-0.3, -0.25) is 0 Å². The van der Waals surface area contributed by atoms with Gasteiger partial charge in [0.2, 0.25) is 0 Å². The summed E-state index contributed by atoms with van der Waals surface area (Å²) in [6.07, 6.45) is 0. The summed E-state index contributed by atoms with van der Waals surface area (Å²) in [6.45, 7) is 16.6. The number of hydrogen-bond acceptors (Lipinski definition) is 6. The Labute approximate surface area is 136 Å². The van der Waals surface area contributed by atoms with Gasteiger partial charge in [-0.1, -0.05) is 0 Å². The zero-order chi connectivity index (χ0) is 16.9. The first-order chi connectivity index (χ1) is 9.18. The average molecular weight is 366 g/mol. The van der Waals surface area contributed by atoms with Crippen LogP contribution in [0.3, 0.4) is 0 Å². The fourth-order valence-corrected chi connectivity index (χ4v) is 1.07. The topological polar surface area (TPSA) is 55.4 Å². The second-order valence-corrected chi connectivity index (χ2v) is 8.44. The van der Waals surface area contributed by atoms with Gasteiger partial charge in [0.15, 0.2) is 0 Å². The van der Waals surface area contributed by atoms with Crippen LogP contribution in [0.2, 0.25) is 5.25 Å². The number of rotatable bonds is 7. The molecule has 125 valence electrons. The van der Waals surface area contributed by atoms with Crippen molar-refractivity contribution in [2.45, 2.75) is 90.3 Å². The van der Waals surface area contributed by atoms with Crippen LogP contribution in [0, 0.1) is 0 Å². The molecule has 0 spiro atoms. The fourth-order valence-electron chi connectivity index (χ4n) is 0.696. The van der Waals surface area contributed by atoms with E-state index < -0.39 is 22.8 Å². The minimum atomic E-state index is -1.60. The Morgan fingerprint density at radius 3 is 0.905 bits per heavy atom. The van der Waals surface area contributed by atoms with Crippen molar-refractivity contribution in [3.63, 3.8) is 0 Å². The Morgan fingerprint density at radius 1 is 0.524 bits per heavy atom. The molecule has 0 aliphatic rings. The fraction of sp³-hybridized carbons (Fsp3) is 1.00. The van der Waals surface area contributed by atoms with E-state index in [2.05, 4.69) is 0 Å². The Morgan fingerprint density at radius 2 is 0.762 bits per heavy atom. The molecule has 0 bridgehead atoms. The summed E-state index contributed by atoms with van der Waals surface area (Å²) in [5, 5.41) is 0.301. The molecule has 0 N–H and O–H groups in total. The molecular weight excluding hydrogens is 337 g/mol. The predicted octanol–water partition coefficient (Wildman–Crippen LogP) is 3.47. The third-order valence-electron chi connectivity index (χ3n) is 1.47. The van der Waals surface area contributed by atoms with Crippen LogP contribution in [0.25, 0.3) is 0 Å². The first-order valence-corrected chi connectivity index (χ1v) is 8.42. The van der Waals surface area contributed by atoms with Gasteiger partial charge in [0.05, 0.1) is 0 Å². The van der Waals surface area contributed by atoms with E-state index >= 15 is 0 Å². The molecule has 0 aromatic carbocycles. The second kappa shape index (κ2) is 7.72. The van der Waals surface area contributed by atoms with Gasteiger partial charge < -0.3 is 0 Å². The maximum absolute atomic E-state index is 5.34. The minimum absolute atomic E-state index is 0.301. The zero-order valence-electron chi connectivity index (χ0n) is 14.7. The van der Waals surface area contributed by atoms with Crippen molar-refractivity contribution in [1.29, 1.82) is 0 Å². The summed E-state index contributed by atoms with van der Waals surface area (Å²) in [6, 6.07) is 0. The molecule has 3 radical (unpaired) electrons. The van der Waals surface area contributed by atoms with Crippen LogP contribution >= 0.6 is 0 Å². The van der Waals surface area contributed by atoms with E-state index in [4.69, 9.17) is 29.3 Å². The molecular formula is C14H29GeO6. The summed E-state index contributed by atoms with van der Waals surface area (Å²) in [4.78, 5) is 31.9. The van der Waals surface area contributed by atoms with Crippen molar-refractivity contribution >= 4 is 16.5 Å². The Bertz CT molecular complexity index is 255. The van der Waals surface area contributed by atoms with E-state index in [0.717, 1.165) is 0 Å². The number of hydrogen-bond donors (Lipinski definition) is 0. The van der Waals surface area contributed by atoms with Gasteiger partial charge in [-0.15, -0.1) is 0 Å². The van der Waals surface area contributed by atoms with Gasteiger partial charge in [-0.05, 0) is 0 Å². The Hall–Kier alpha value is 0.303. The molecule has 0 aromatic heterocycles. The molecule has 0 unspecified atom stereocenters. The van der Waals surface area contributed by atoms with Gasteiger partial charge in [-0.25, -0.2) is 0 Å². The van der Waals surface area contributed by atoms with E-state index in [-0.39, 0.29) is 0 Å². The van der Waals surface area contributed by atoms with Gasteiger partial charge in [0, 0.05) is 0 Å². The van der Waals surface area contributed by atoms with E-state index in [0.29, 0.717) is 5.25 Å². The van der Waals surface area contributed by atoms with E-state index in [1.807, 2.05) is 78.8 Å². The molecule has 0 aliphatic heterocycles. The molecule has 0 atom stereocenters. The standard InChI is InChI=1S/C14H29GeO6/c1-11(2,3)16-19-14(10-15,20-17-12(4,5)6)21-18-13(7,8)9/h10H2,1-9H3. The average Bonchev–Trinajstić information content (AvgIpc) is 2.25. The summed E-state index contributed by atoms with van der Waals surface area (Å²) in [7, 11) is 0. The molecule has 0 saturated heterocycles. The zero-order valence-corrected chi connectivity index (χ0v) is 16.8. The van der Waals surface area contributed by atoms with Gasteiger partial charge in [0.25, 0.3) is 0 Å². The molecule has 7 heteroatoms. The van der Waals surface area contributed by atoms with Gasteiger partial charge >= 0.3 is 136 Å². The second-order valence-electron chi connectivity index (χ2n) is 7.70. The van der Waals surface area contributed by atoms with Gasteiger partial charge in [-0.2, -0.15) is 0 Å². The third kappa shape index (κ3) is 11.5. The van der Waals surface area contributed by atoms with E-state index in [1.54, 1.807) is 0 Å². The molecule has 0 aromatic rings. The van der Waals surface area contributed by atoms with Crippen molar-refractivity contribution in [1.82, 2.24) is 0 Å². The molecule has 0 rings (SSSR count). The van der Waals surface area contributed by atoms with Crippen molar-refractivity contribution in [3.8, 4) is 0 Å². The van der Waals surface area contributed by atoms with Crippen LogP contribution in [0.5, 0.6) is 0 Å². The predicted molar refractivity (Wildman–Crippen MR) is 79.1 cm³/mol. The molecule has 0 heterocycles. The van der Waals surface area contributed by atoms with Crippen LogP contribution in [0.1, 0.15) is 62.3 Å². The van der Waals surface area contributed by atoms with E-state index in [9.17, 15) is 0 Å². The molecule has 0 saturated carbocycles. The molecule has 6 nitrogen and oxygen atoms in total. The van der Waals surface area contributed by atoms with Crippen LogP contribution in [-0.4, -0.2) is 39.3 Å². The summed E-state index contributed by atoms with van der Waals surface area (Å²) >= 11 is 1.81. The van der Waals surface area contributed by atoms with Crippen molar-refractivity contribution in [2.24, 2.45) is 0 Å². The third-order valence-corrected chi connectivity index (χ3v) is 2.38. The van der Waals surface area contributed by atoms with Crippen LogP contribution in [-0.2, 0) is 29.3 Å². The summed E-state index contributed by atoms with van der Waals surface area (Å²) < 4.78 is 0. The van der Waals surface area contributed by atoms with Gasteiger partial charge in [0.1, 0.15) is 0 Å². The summed E-state index contributed by atoms with van der Waals surface area (Å²) in [5.74, 6) is -1.60. The first kappa shape index (κ1) is 21.3. The Kier molecular flexibility index (Phi) is 7.83. The normalized spacial score (nSPS) is 14.6.